The van der Waals surface area contributed by atoms with Crippen molar-refractivity contribution in [2.24, 2.45) is 0 Å². The zero-order valence-electron chi connectivity index (χ0n) is 12.3. The molecule has 0 amide bonds. The minimum atomic E-state index is 0.277. The summed E-state index contributed by atoms with van der Waals surface area (Å²) in [7, 11) is 0. The Kier molecular flexibility index (Phi) is 3.23. The molecule has 0 spiro atoms. The third-order valence-corrected chi connectivity index (χ3v) is 3.57. The number of benzene rings is 2. The van der Waals surface area contributed by atoms with Crippen LogP contribution < -0.4 is 0 Å². The molecule has 21 heavy (non-hydrogen) atoms. The molecule has 0 fully saturated rings. The van der Waals surface area contributed by atoms with Crippen molar-refractivity contribution in [1.82, 2.24) is 4.98 Å². The predicted octanol–water partition coefficient (Wildman–Crippen LogP) is 4.80. The second kappa shape index (κ2) is 5.06. The van der Waals surface area contributed by atoms with Crippen LogP contribution in [0.15, 0.2) is 40.8 Å². The maximum atomic E-state index is 9.15. The lowest BCUT2D eigenvalue weighted by Crippen LogP contribution is -1.89. The van der Waals surface area contributed by atoms with Gasteiger partial charge in [-0.05, 0) is 37.1 Å². The van der Waals surface area contributed by atoms with Crippen LogP contribution in [0.5, 0.6) is 0 Å². The first kappa shape index (κ1) is 13.4. The molecule has 3 rings (SSSR count). The Hall–Kier alpha value is -2.60. The minimum absolute atomic E-state index is 0.277. The molecule has 0 aliphatic carbocycles. The van der Waals surface area contributed by atoms with Gasteiger partial charge in [0.25, 0.3) is 0 Å². The van der Waals surface area contributed by atoms with Crippen molar-refractivity contribution in [1.29, 1.82) is 5.26 Å². The van der Waals surface area contributed by atoms with Crippen molar-refractivity contribution in [2.45, 2.75) is 26.7 Å². The first-order chi connectivity index (χ1) is 10.1. The molecule has 104 valence electrons. The number of hydrogen-bond acceptors (Lipinski definition) is 3. The van der Waals surface area contributed by atoms with Crippen molar-refractivity contribution in [2.75, 3.05) is 0 Å². The van der Waals surface area contributed by atoms with Gasteiger partial charge in [-0.25, -0.2) is 4.98 Å². The Balaban J connectivity index is 2.22. The lowest BCUT2D eigenvalue weighted by molar-refractivity contribution is 0.611. The highest BCUT2D eigenvalue weighted by molar-refractivity contribution is 5.81. The first-order valence-electron chi connectivity index (χ1n) is 7.00. The average Bonchev–Trinajstić information content (AvgIpc) is 2.90. The quantitative estimate of drug-likeness (QED) is 0.675. The fourth-order valence-corrected chi connectivity index (χ4v) is 2.37. The summed E-state index contributed by atoms with van der Waals surface area (Å²) in [4.78, 5) is 4.55. The van der Waals surface area contributed by atoms with Crippen molar-refractivity contribution in [3.05, 3.63) is 53.1 Å². The zero-order chi connectivity index (χ0) is 15.0. The van der Waals surface area contributed by atoms with Gasteiger partial charge in [-0.3, -0.25) is 0 Å². The van der Waals surface area contributed by atoms with Gasteiger partial charge in [-0.2, -0.15) is 5.26 Å². The van der Waals surface area contributed by atoms with Gasteiger partial charge in [0.15, 0.2) is 5.58 Å². The molecule has 1 heterocycles. The van der Waals surface area contributed by atoms with Gasteiger partial charge in [0.05, 0.1) is 11.6 Å². The van der Waals surface area contributed by atoms with Crippen LogP contribution in [0.25, 0.3) is 22.6 Å². The molecule has 3 aromatic rings. The topological polar surface area (TPSA) is 49.8 Å². The van der Waals surface area contributed by atoms with Crippen LogP contribution in [0, 0.1) is 18.3 Å². The summed E-state index contributed by atoms with van der Waals surface area (Å²) in [6.07, 6.45) is 0. The van der Waals surface area contributed by atoms with E-state index in [9.17, 15) is 0 Å². The van der Waals surface area contributed by atoms with Crippen LogP contribution >= 0.6 is 0 Å². The summed E-state index contributed by atoms with van der Waals surface area (Å²) < 4.78 is 5.97. The van der Waals surface area contributed by atoms with E-state index in [-0.39, 0.29) is 5.92 Å². The van der Waals surface area contributed by atoms with E-state index in [1.54, 1.807) is 6.07 Å². The van der Waals surface area contributed by atoms with Gasteiger partial charge in [0.1, 0.15) is 5.52 Å². The lowest BCUT2D eigenvalue weighted by atomic mass is 10.00. The Bertz CT molecular complexity index is 836. The lowest BCUT2D eigenvalue weighted by Gasteiger charge is -2.05. The van der Waals surface area contributed by atoms with Gasteiger partial charge in [0, 0.05) is 11.1 Å². The van der Waals surface area contributed by atoms with Crippen molar-refractivity contribution in [3.8, 4) is 17.5 Å². The number of fused-ring (bicyclic) bond motifs is 1. The third-order valence-electron chi connectivity index (χ3n) is 3.57. The Labute approximate surface area is 123 Å². The molecular weight excluding hydrogens is 260 g/mol. The Morgan fingerprint density at radius 3 is 2.48 bits per heavy atom. The standard InChI is InChI=1S/C18H16N2O/c1-11(2)15-8-13(10-19)9-16-17(15)21-18(20-16)14-6-4-12(3)5-7-14/h4-9,11H,1-3H3. The highest BCUT2D eigenvalue weighted by Crippen LogP contribution is 2.31. The van der Waals surface area contributed by atoms with Crippen LogP contribution in [0.3, 0.4) is 0 Å². The van der Waals surface area contributed by atoms with Crippen molar-refractivity contribution >= 4 is 11.1 Å². The number of rotatable bonds is 2. The third kappa shape index (κ3) is 2.41. The van der Waals surface area contributed by atoms with Gasteiger partial charge >= 0.3 is 0 Å². The summed E-state index contributed by atoms with van der Waals surface area (Å²) in [5.74, 6) is 0.876. The van der Waals surface area contributed by atoms with E-state index in [1.165, 1.54) is 5.56 Å². The normalized spacial score (nSPS) is 11.0. The second-order valence-electron chi connectivity index (χ2n) is 5.57. The van der Waals surface area contributed by atoms with Crippen LogP contribution in [-0.4, -0.2) is 4.98 Å². The maximum absolute atomic E-state index is 9.15. The number of nitriles is 1. The smallest absolute Gasteiger partial charge is 0.227 e. The molecule has 0 bridgehead atoms. The first-order valence-corrected chi connectivity index (χ1v) is 7.00. The van der Waals surface area contributed by atoms with Crippen LogP contribution in [0.4, 0.5) is 0 Å². The molecule has 0 aliphatic rings. The SMILES string of the molecule is Cc1ccc(-c2nc3cc(C#N)cc(C(C)C)c3o2)cc1. The van der Waals surface area contributed by atoms with Gasteiger partial charge < -0.3 is 4.42 Å². The average molecular weight is 276 g/mol. The van der Waals surface area contributed by atoms with E-state index in [0.717, 1.165) is 22.2 Å². The molecular formula is C18H16N2O. The minimum Gasteiger partial charge on any atom is -0.436 e. The summed E-state index contributed by atoms with van der Waals surface area (Å²) in [6.45, 7) is 6.22. The number of oxazole rings is 1. The molecule has 0 saturated carbocycles. The molecule has 0 atom stereocenters. The van der Waals surface area contributed by atoms with Crippen LogP contribution in [-0.2, 0) is 0 Å². The molecule has 0 aliphatic heterocycles. The molecule has 0 unspecified atom stereocenters. The molecule has 2 aromatic carbocycles. The maximum Gasteiger partial charge on any atom is 0.227 e. The number of nitrogens with zero attached hydrogens (tertiary/aromatic N) is 2. The van der Waals surface area contributed by atoms with Crippen molar-refractivity contribution < 1.29 is 4.42 Å². The number of hydrogen-bond donors (Lipinski definition) is 0. The number of aryl methyl sites for hydroxylation is 1. The molecule has 3 nitrogen and oxygen atoms in total. The fraction of sp³-hybridized carbons (Fsp3) is 0.222. The van der Waals surface area contributed by atoms with E-state index in [2.05, 4.69) is 24.9 Å². The largest absolute Gasteiger partial charge is 0.436 e. The zero-order valence-corrected chi connectivity index (χ0v) is 12.3. The van der Waals surface area contributed by atoms with Crippen molar-refractivity contribution in [3.63, 3.8) is 0 Å². The van der Waals surface area contributed by atoms with Gasteiger partial charge in [0.2, 0.25) is 5.89 Å². The highest BCUT2D eigenvalue weighted by atomic mass is 16.3. The summed E-state index contributed by atoms with van der Waals surface area (Å²) in [6, 6.07) is 13.9. The Morgan fingerprint density at radius 1 is 1.14 bits per heavy atom. The molecule has 1 aromatic heterocycles. The predicted molar refractivity (Wildman–Crippen MR) is 83.0 cm³/mol. The van der Waals surface area contributed by atoms with E-state index in [4.69, 9.17) is 9.68 Å². The molecule has 0 radical (unpaired) electrons. The monoisotopic (exact) mass is 276 g/mol. The molecule has 3 heteroatoms. The van der Waals surface area contributed by atoms with E-state index in [1.807, 2.05) is 37.3 Å². The van der Waals surface area contributed by atoms with E-state index in [0.29, 0.717) is 11.5 Å². The highest BCUT2D eigenvalue weighted by Gasteiger charge is 2.15. The van der Waals surface area contributed by atoms with Crippen LogP contribution in [0.1, 0.15) is 36.5 Å². The molecule has 0 N–H and O–H groups in total. The Morgan fingerprint density at radius 2 is 1.86 bits per heavy atom. The van der Waals surface area contributed by atoms with Gasteiger partial charge in [-0.1, -0.05) is 31.5 Å². The summed E-state index contributed by atoms with van der Waals surface area (Å²) in [5.41, 5.74) is 5.31. The van der Waals surface area contributed by atoms with E-state index < -0.39 is 0 Å². The molecule has 0 saturated heterocycles. The van der Waals surface area contributed by atoms with E-state index >= 15 is 0 Å². The fourth-order valence-electron chi connectivity index (χ4n) is 2.37. The van der Waals surface area contributed by atoms with Crippen LogP contribution in [0.2, 0.25) is 0 Å². The van der Waals surface area contributed by atoms with Gasteiger partial charge in [-0.15, -0.1) is 0 Å². The summed E-state index contributed by atoms with van der Waals surface area (Å²) >= 11 is 0. The second-order valence-corrected chi connectivity index (χ2v) is 5.57. The number of aromatic nitrogens is 1. The summed E-state index contributed by atoms with van der Waals surface area (Å²) in [5, 5.41) is 9.15.